The normalized spacial score (nSPS) is 22.0. The van der Waals surface area contributed by atoms with Gasteiger partial charge in [0.15, 0.2) is 11.5 Å². The third-order valence-electron chi connectivity index (χ3n) is 2.47. The number of fused-ring (bicyclic) bond motifs is 1. The van der Waals surface area contributed by atoms with Gasteiger partial charge in [-0.25, -0.2) is 0 Å². The van der Waals surface area contributed by atoms with Crippen LogP contribution in [0.1, 0.15) is 11.9 Å². The summed E-state index contributed by atoms with van der Waals surface area (Å²) < 4.78 is 7.33. The van der Waals surface area contributed by atoms with Gasteiger partial charge >= 0.3 is 0 Å². The van der Waals surface area contributed by atoms with Crippen molar-refractivity contribution in [2.75, 3.05) is 19.8 Å². The van der Waals surface area contributed by atoms with Crippen molar-refractivity contribution in [2.45, 2.75) is 6.04 Å². The largest absolute Gasteiger partial charge is 0.378 e. The van der Waals surface area contributed by atoms with Gasteiger partial charge in [-0.15, -0.1) is 10.2 Å². The lowest BCUT2D eigenvalue weighted by molar-refractivity contribution is 0.0739. The molecule has 1 aliphatic rings. The van der Waals surface area contributed by atoms with E-state index in [2.05, 4.69) is 20.5 Å². The number of morpholine rings is 1. The van der Waals surface area contributed by atoms with Crippen LogP contribution in [0.2, 0.25) is 0 Å². The second-order valence-electron chi connectivity index (χ2n) is 3.44. The Morgan fingerprint density at radius 1 is 1.47 bits per heavy atom. The summed E-state index contributed by atoms with van der Waals surface area (Å²) in [6.45, 7) is 2.25. The Kier molecular flexibility index (Phi) is 2.08. The first-order valence-corrected chi connectivity index (χ1v) is 4.91. The summed E-state index contributed by atoms with van der Waals surface area (Å²) in [6, 6.07) is 0.121. The molecule has 3 rings (SSSR count). The highest BCUT2D eigenvalue weighted by Crippen LogP contribution is 2.13. The summed E-state index contributed by atoms with van der Waals surface area (Å²) in [6.07, 6.45) is 5.28. The molecule has 0 amide bonds. The van der Waals surface area contributed by atoms with E-state index in [1.165, 1.54) is 0 Å². The molecule has 15 heavy (non-hydrogen) atoms. The van der Waals surface area contributed by atoms with Crippen molar-refractivity contribution in [3.8, 4) is 0 Å². The van der Waals surface area contributed by atoms with Gasteiger partial charge in [0.25, 0.3) is 0 Å². The van der Waals surface area contributed by atoms with Gasteiger partial charge in [-0.05, 0) is 0 Å². The van der Waals surface area contributed by atoms with E-state index < -0.39 is 0 Å². The second kappa shape index (κ2) is 3.56. The van der Waals surface area contributed by atoms with Crippen LogP contribution in [-0.2, 0) is 4.74 Å². The van der Waals surface area contributed by atoms with E-state index in [0.717, 1.165) is 24.6 Å². The summed E-state index contributed by atoms with van der Waals surface area (Å²) >= 11 is 0. The minimum absolute atomic E-state index is 0.121. The quantitative estimate of drug-likeness (QED) is 0.697. The number of nitrogens with zero attached hydrogens (tertiary/aromatic N) is 4. The molecule has 1 atom stereocenters. The zero-order valence-corrected chi connectivity index (χ0v) is 8.13. The van der Waals surface area contributed by atoms with E-state index in [0.29, 0.717) is 6.61 Å². The predicted octanol–water partition coefficient (Wildman–Crippen LogP) is -0.215. The summed E-state index contributed by atoms with van der Waals surface area (Å²) in [4.78, 5) is 4.00. The molecule has 6 heteroatoms. The van der Waals surface area contributed by atoms with E-state index >= 15 is 0 Å². The predicted molar refractivity (Wildman–Crippen MR) is 52.3 cm³/mol. The van der Waals surface area contributed by atoms with Gasteiger partial charge in [0, 0.05) is 18.9 Å². The molecule has 1 aliphatic heterocycles. The van der Waals surface area contributed by atoms with Crippen molar-refractivity contribution < 1.29 is 4.74 Å². The Labute approximate surface area is 86.3 Å². The molecule has 0 saturated carbocycles. The maximum absolute atomic E-state index is 5.40. The topological polar surface area (TPSA) is 64.3 Å². The lowest BCUT2D eigenvalue weighted by atomic mass is 10.2. The molecule has 2 aromatic heterocycles. The fourth-order valence-electron chi connectivity index (χ4n) is 1.74. The van der Waals surface area contributed by atoms with E-state index in [-0.39, 0.29) is 6.04 Å². The lowest BCUT2D eigenvalue weighted by Gasteiger charge is -2.22. The lowest BCUT2D eigenvalue weighted by Crippen LogP contribution is -2.35. The average molecular weight is 205 g/mol. The van der Waals surface area contributed by atoms with Crippen LogP contribution in [0.15, 0.2) is 18.6 Å². The number of aromatic nitrogens is 4. The Morgan fingerprint density at radius 3 is 3.33 bits per heavy atom. The van der Waals surface area contributed by atoms with E-state index in [1.54, 1.807) is 12.4 Å². The van der Waals surface area contributed by atoms with Crippen molar-refractivity contribution in [2.24, 2.45) is 0 Å². The van der Waals surface area contributed by atoms with Crippen molar-refractivity contribution in [3.05, 3.63) is 24.4 Å². The minimum atomic E-state index is 0.121. The van der Waals surface area contributed by atoms with E-state index in [1.807, 2.05) is 10.6 Å². The molecule has 0 aromatic carbocycles. The molecule has 6 nitrogen and oxygen atoms in total. The maximum Gasteiger partial charge on any atom is 0.179 e. The molecule has 1 unspecified atom stereocenters. The van der Waals surface area contributed by atoms with Crippen LogP contribution < -0.4 is 5.32 Å². The van der Waals surface area contributed by atoms with E-state index in [9.17, 15) is 0 Å². The zero-order valence-electron chi connectivity index (χ0n) is 8.13. The first kappa shape index (κ1) is 8.75. The number of rotatable bonds is 1. The molecule has 0 aliphatic carbocycles. The molecule has 3 heterocycles. The van der Waals surface area contributed by atoms with E-state index in [4.69, 9.17) is 4.74 Å². The van der Waals surface area contributed by atoms with Crippen molar-refractivity contribution in [3.63, 3.8) is 0 Å². The molecular formula is C9H11N5O. The smallest absolute Gasteiger partial charge is 0.179 e. The van der Waals surface area contributed by atoms with Gasteiger partial charge in [0.05, 0.1) is 25.5 Å². The van der Waals surface area contributed by atoms with Crippen LogP contribution in [-0.4, -0.2) is 39.3 Å². The summed E-state index contributed by atoms with van der Waals surface area (Å²) in [5.41, 5.74) is 0.764. The van der Waals surface area contributed by atoms with Crippen molar-refractivity contribution in [1.82, 2.24) is 24.9 Å². The van der Waals surface area contributed by atoms with Gasteiger partial charge in [0.2, 0.25) is 0 Å². The highest BCUT2D eigenvalue weighted by Gasteiger charge is 2.20. The van der Waals surface area contributed by atoms with Gasteiger partial charge in [-0.2, -0.15) is 0 Å². The Balaban J connectivity index is 2.02. The average Bonchev–Trinajstić information content (AvgIpc) is 2.74. The SMILES string of the molecule is c1cn2c(C3COCCN3)nnc2cn1. The Hall–Kier alpha value is -1.53. The van der Waals surface area contributed by atoms with Crippen LogP contribution in [0.5, 0.6) is 0 Å². The fraction of sp³-hybridized carbons (Fsp3) is 0.444. The van der Waals surface area contributed by atoms with Crippen molar-refractivity contribution >= 4 is 5.65 Å². The summed E-state index contributed by atoms with van der Waals surface area (Å²) in [5.74, 6) is 0.882. The molecule has 1 N–H and O–H groups in total. The van der Waals surface area contributed by atoms with Gasteiger partial charge in [-0.3, -0.25) is 9.38 Å². The summed E-state index contributed by atoms with van der Waals surface area (Å²) in [7, 11) is 0. The molecule has 2 aromatic rings. The number of nitrogens with one attached hydrogen (secondary N) is 1. The van der Waals surface area contributed by atoms with Crippen LogP contribution in [0.3, 0.4) is 0 Å². The van der Waals surface area contributed by atoms with Gasteiger partial charge in [0.1, 0.15) is 0 Å². The number of hydrogen-bond acceptors (Lipinski definition) is 5. The van der Waals surface area contributed by atoms with Crippen LogP contribution in [0.25, 0.3) is 5.65 Å². The van der Waals surface area contributed by atoms with Crippen molar-refractivity contribution in [1.29, 1.82) is 0 Å². The first-order chi connectivity index (χ1) is 7.45. The van der Waals surface area contributed by atoms with Crippen LogP contribution in [0, 0.1) is 0 Å². The van der Waals surface area contributed by atoms with Crippen LogP contribution >= 0.6 is 0 Å². The highest BCUT2D eigenvalue weighted by atomic mass is 16.5. The van der Waals surface area contributed by atoms with Gasteiger partial charge < -0.3 is 10.1 Å². The Bertz CT molecular complexity index is 462. The molecule has 1 saturated heterocycles. The first-order valence-electron chi connectivity index (χ1n) is 4.91. The molecule has 0 bridgehead atoms. The van der Waals surface area contributed by atoms with Crippen LogP contribution in [0.4, 0.5) is 0 Å². The standard InChI is InChI=1S/C9H11N5O/c1-3-14-8(5-10-1)12-13-9(14)7-6-15-4-2-11-7/h1,3,5,7,11H,2,4,6H2. The zero-order chi connectivity index (χ0) is 10.1. The monoisotopic (exact) mass is 205 g/mol. The maximum atomic E-state index is 5.40. The van der Waals surface area contributed by atoms with Gasteiger partial charge in [-0.1, -0.05) is 0 Å². The number of hydrogen-bond donors (Lipinski definition) is 1. The second-order valence-corrected chi connectivity index (χ2v) is 3.44. The minimum Gasteiger partial charge on any atom is -0.378 e. The third-order valence-corrected chi connectivity index (χ3v) is 2.47. The number of ether oxygens (including phenoxy) is 1. The highest BCUT2D eigenvalue weighted by molar-refractivity contribution is 5.34. The molecule has 1 fully saturated rings. The Morgan fingerprint density at radius 2 is 2.47 bits per heavy atom. The molecular weight excluding hydrogens is 194 g/mol. The summed E-state index contributed by atoms with van der Waals surface area (Å²) in [5, 5.41) is 11.5. The molecule has 0 spiro atoms. The molecule has 0 radical (unpaired) electrons. The molecule has 78 valence electrons. The third kappa shape index (κ3) is 1.47. The fourth-order valence-corrected chi connectivity index (χ4v) is 1.74.